The van der Waals surface area contributed by atoms with Crippen molar-refractivity contribution < 1.29 is 9.59 Å². The summed E-state index contributed by atoms with van der Waals surface area (Å²) in [5.41, 5.74) is 1.69. The Balaban J connectivity index is 1.32. The van der Waals surface area contributed by atoms with Crippen molar-refractivity contribution in [3.63, 3.8) is 0 Å². The number of anilines is 1. The maximum absolute atomic E-state index is 12.3. The minimum Gasteiger partial charge on any atom is -0.308 e. The number of thiazole rings is 1. The number of amides is 3. The van der Waals surface area contributed by atoms with Crippen LogP contribution in [-0.2, 0) is 4.79 Å². The highest BCUT2D eigenvalue weighted by Gasteiger charge is 2.25. The standard InChI is InChI=1S/C21H22N4O2S/c26-19(24-21(27)22-16-8-2-1-3-9-16)14-25-12-6-7-15(13-25)20-23-17-10-4-5-11-18(17)28-20/h1-5,8-11,15H,6-7,12-14H2,(H2,22,24,26,27)/t15-/m1/s1. The predicted molar refractivity (Wildman–Crippen MR) is 112 cm³/mol. The minimum atomic E-state index is -0.504. The van der Waals surface area contributed by atoms with Crippen LogP contribution in [0.2, 0.25) is 0 Å². The molecule has 2 heterocycles. The molecule has 3 aromatic rings. The van der Waals surface area contributed by atoms with E-state index in [4.69, 9.17) is 4.98 Å². The van der Waals surface area contributed by atoms with Crippen LogP contribution >= 0.6 is 11.3 Å². The lowest BCUT2D eigenvalue weighted by Crippen LogP contribution is -2.44. The van der Waals surface area contributed by atoms with Crippen molar-refractivity contribution in [2.24, 2.45) is 0 Å². The molecule has 28 heavy (non-hydrogen) atoms. The Morgan fingerprint density at radius 3 is 2.71 bits per heavy atom. The fourth-order valence-corrected chi connectivity index (χ4v) is 4.61. The summed E-state index contributed by atoms with van der Waals surface area (Å²) in [4.78, 5) is 31.1. The first-order valence-electron chi connectivity index (χ1n) is 9.41. The number of benzene rings is 2. The largest absolute Gasteiger partial charge is 0.325 e. The van der Waals surface area contributed by atoms with Crippen LogP contribution in [0.4, 0.5) is 10.5 Å². The minimum absolute atomic E-state index is 0.212. The van der Waals surface area contributed by atoms with Crippen molar-refractivity contribution >= 4 is 39.2 Å². The fourth-order valence-electron chi connectivity index (χ4n) is 3.52. The molecule has 1 aliphatic rings. The van der Waals surface area contributed by atoms with Gasteiger partial charge < -0.3 is 5.32 Å². The van der Waals surface area contributed by atoms with Crippen molar-refractivity contribution in [3.8, 4) is 0 Å². The molecule has 1 aliphatic heterocycles. The summed E-state index contributed by atoms with van der Waals surface area (Å²) >= 11 is 1.73. The number of rotatable bonds is 4. The van der Waals surface area contributed by atoms with E-state index in [1.165, 1.54) is 4.70 Å². The van der Waals surface area contributed by atoms with Crippen LogP contribution in [0, 0.1) is 0 Å². The molecule has 144 valence electrons. The van der Waals surface area contributed by atoms with Crippen molar-refractivity contribution in [3.05, 3.63) is 59.6 Å². The van der Waals surface area contributed by atoms with Gasteiger partial charge >= 0.3 is 6.03 Å². The van der Waals surface area contributed by atoms with Gasteiger partial charge in [0.1, 0.15) is 0 Å². The van der Waals surface area contributed by atoms with Gasteiger partial charge in [0, 0.05) is 18.2 Å². The van der Waals surface area contributed by atoms with E-state index in [1.807, 2.05) is 36.4 Å². The van der Waals surface area contributed by atoms with Crippen LogP contribution < -0.4 is 10.6 Å². The van der Waals surface area contributed by atoms with Crippen molar-refractivity contribution in [2.75, 3.05) is 25.0 Å². The summed E-state index contributed by atoms with van der Waals surface area (Å²) in [6, 6.07) is 16.7. The number of fused-ring (bicyclic) bond motifs is 1. The molecule has 0 saturated carbocycles. The normalized spacial score (nSPS) is 17.4. The highest BCUT2D eigenvalue weighted by Crippen LogP contribution is 2.32. The number of nitrogens with one attached hydrogen (secondary N) is 2. The third-order valence-corrected chi connectivity index (χ3v) is 6.02. The number of carbonyl (C=O) groups excluding carboxylic acids is 2. The van der Waals surface area contributed by atoms with Crippen molar-refractivity contribution in [1.29, 1.82) is 0 Å². The van der Waals surface area contributed by atoms with Gasteiger partial charge in [0.15, 0.2) is 0 Å². The van der Waals surface area contributed by atoms with Crippen LogP contribution in [0.3, 0.4) is 0 Å². The number of urea groups is 1. The van der Waals surface area contributed by atoms with Crippen LogP contribution in [-0.4, -0.2) is 41.5 Å². The Kier molecular flexibility index (Phi) is 5.64. The SMILES string of the molecule is O=C(CN1CCC[C@@H](c2nc3ccccc3s2)C1)NC(=O)Nc1ccccc1. The summed E-state index contributed by atoms with van der Waals surface area (Å²) in [6.45, 7) is 1.85. The molecular formula is C21H22N4O2S. The van der Waals surface area contributed by atoms with Crippen molar-refractivity contribution in [1.82, 2.24) is 15.2 Å². The molecule has 0 radical (unpaired) electrons. The second kappa shape index (κ2) is 8.50. The molecule has 0 bridgehead atoms. The van der Waals surface area contributed by atoms with E-state index in [0.717, 1.165) is 36.5 Å². The molecule has 7 heteroatoms. The molecule has 2 aromatic carbocycles. The summed E-state index contributed by atoms with van der Waals surface area (Å²) in [6.07, 6.45) is 2.09. The van der Waals surface area contributed by atoms with E-state index in [2.05, 4.69) is 21.6 Å². The first-order valence-corrected chi connectivity index (χ1v) is 10.2. The van der Waals surface area contributed by atoms with Gasteiger partial charge in [-0.05, 0) is 43.7 Å². The molecule has 1 fully saturated rings. The summed E-state index contributed by atoms with van der Waals surface area (Å²) in [5, 5.41) is 6.20. The average molecular weight is 395 g/mol. The molecule has 4 rings (SSSR count). The zero-order valence-corrected chi connectivity index (χ0v) is 16.2. The van der Waals surface area contributed by atoms with E-state index in [1.54, 1.807) is 23.5 Å². The van der Waals surface area contributed by atoms with Crippen LogP contribution in [0.1, 0.15) is 23.8 Å². The second-order valence-electron chi connectivity index (χ2n) is 6.96. The number of likely N-dealkylation sites (tertiary alicyclic amines) is 1. The van der Waals surface area contributed by atoms with E-state index in [-0.39, 0.29) is 12.5 Å². The van der Waals surface area contributed by atoms with Gasteiger partial charge in [-0.3, -0.25) is 15.0 Å². The maximum atomic E-state index is 12.3. The van der Waals surface area contributed by atoms with E-state index >= 15 is 0 Å². The molecule has 0 unspecified atom stereocenters. The molecule has 1 saturated heterocycles. The number of nitrogens with zero attached hydrogens (tertiary/aromatic N) is 2. The van der Waals surface area contributed by atoms with E-state index < -0.39 is 6.03 Å². The average Bonchev–Trinajstić information content (AvgIpc) is 3.13. The van der Waals surface area contributed by atoms with Crippen molar-refractivity contribution in [2.45, 2.75) is 18.8 Å². The lowest BCUT2D eigenvalue weighted by atomic mass is 9.99. The first-order chi connectivity index (χ1) is 13.7. The highest BCUT2D eigenvalue weighted by atomic mass is 32.1. The van der Waals surface area contributed by atoms with Gasteiger partial charge in [-0.25, -0.2) is 9.78 Å². The Hall–Kier alpha value is -2.77. The molecular weight excluding hydrogens is 372 g/mol. The topological polar surface area (TPSA) is 74.3 Å². The number of aromatic nitrogens is 1. The summed E-state index contributed by atoms with van der Waals surface area (Å²) < 4.78 is 1.20. The third kappa shape index (κ3) is 4.55. The number of imide groups is 1. The molecule has 1 aromatic heterocycles. The lowest BCUT2D eigenvalue weighted by Gasteiger charge is -2.31. The third-order valence-electron chi connectivity index (χ3n) is 4.82. The quantitative estimate of drug-likeness (QED) is 0.705. The van der Waals surface area contributed by atoms with Crippen LogP contribution in [0.15, 0.2) is 54.6 Å². The van der Waals surface area contributed by atoms with Gasteiger partial charge in [-0.2, -0.15) is 0 Å². The Labute approximate surface area is 167 Å². The monoisotopic (exact) mass is 394 g/mol. The van der Waals surface area contributed by atoms with Gasteiger partial charge in [-0.15, -0.1) is 11.3 Å². The smallest absolute Gasteiger partial charge is 0.308 e. The van der Waals surface area contributed by atoms with E-state index in [9.17, 15) is 9.59 Å². The van der Waals surface area contributed by atoms with Crippen LogP contribution in [0.25, 0.3) is 10.2 Å². The Bertz CT molecular complexity index is 940. The second-order valence-corrected chi connectivity index (χ2v) is 8.02. The molecule has 0 spiro atoms. The number of para-hydroxylation sites is 2. The molecule has 6 nitrogen and oxygen atoms in total. The number of hydrogen-bond acceptors (Lipinski definition) is 5. The predicted octanol–water partition coefficient (Wildman–Crippen LogP) is 3.82. The van der Waals surface area contributed by atoms with Gasteiger partial charge in [0.25, 0.3) is 0 Å². The molecule has 3 amide bonds. The zero-order valence-electron chi connectivity index (χ0n) is 15.4. The number of piperidine rings is 1. The van der Waals surface area contributed by atoms with Gasteiger partial charge in [-0.1, -0.05) is 30.3 Å². The van der Waals surface area contributed by atoms with Gasteiger partial charge in [0.2, 0.25) is 5.91 Å². The number of carbonyl (C=O) groups is 2. The molecule has 0 aliphatic carbocycles. The summed E-state index contributed by atoms with van der Waals surface area (Å²) in [5.74, 6) is 0.0375. The molecule has 2 N–H and O–H groups in total. The Morgan fingerprint density at radius 2 is 1.89 bits per heavy atom. The number of hydrogen-bond donors (Lipinski definition) is 2. The zero-order chi connectivity index (χ0) is 19.3. The maximum Gasteiger partial charge on any atom is 0.325 e. The fraction of sp³-hybridized carbons (Fsp3) is 0.286. The summed E-state index contributed by atoms with van der Waals surface area (Å²) in [7, 11) is 0. The Morgan fingerprint density at radius 1 is 1.11 bits per heavy atom. The first kappa shape index (κ1) is 18.6. The van der Waals surface area contributed by atoms with Gasteiger partial charge in [0.05, 0.1) is 21.8 Å². The lowest BCUT2D eigenvalue weighted by molar-refractivity contribution is -0.121. The van der Waals surface area contributed by atoms with E-state index in [0.29, 0.717) is 11.6 Å². The van der Waals surface area contributed by atoms with Crippen LogP contribution in [0.5, 0.6) is 0 Å². The molecule has 1 atom stereocenters. The highest BCUT2D eigenvalue weighted by molar-refractivity contribution is 7.18.